The Kier molecular flexibility index (Phi) is 2.96. The molecule has 16 heavy (non-hydrogen) atoms. The van der Waals surface area contributed by atoms with E-state index in [1.165, 1.54) is 6.07 Å². The van der Waals surface area contributed by atoms with Gasteiger partial charge in [-0.3, -0.25) is 0 Å². The maximum atomic E-state index is 13.6. The zero-order chi connectivity index (χ0) is 11.5. The maximum Gasteiger partial charge on any atom is 0.128 e. The molecule has 0 spiro atoms. The first-order valence-corrected chi connectivity index (χ1v) is 4.84. The Labute approximate surface area is 91.5 Å². The fourth-order valence-corrected chi connectivity index (χ4v) is 1.61. The van der Waals surface area contributed by atoms with Crippen molar-refractivity contribution in [3.63, 3.8) is 0 Å². The number of aromatic amines is 1. The molecule has 1 unspecified atom stereocenters. The van der Waals surface area contributed by atoms with Crippen LogP contribution in [0.2, 0.25) is 0 Å². The van der Waals surface area contributed by atoms with E-state index in [1.54, 1.807) is 19.4 Å². The maximum absolute atomic E-state index is 13.6. The number of nitrogens with zero attached hydrogens (tertiary/aromatic N) is 1. The zero-order valence-corrected chi connectivity index (χ0v) is 8.67. The van der Waals surface area contributed by atoms with Crippen LogP contribution in [0.25, 0.3) is 0 Å². The minimum atomic E-state index is -0.481. The molecule has 0 amide bonds. The Bertz CT molecular complexity index is 468. The van der Waals surface area contributed by atoms with Gasteiger partial charge in [0.05, 0.1) is 6.04 Å². The second-order valence-electron chi connectivity index (χ2n) is 3.36. The van der Waals surface area contributed by atoms with Crippen LogP contribution in [0.15, 0.2) is 30.6 Å². The number of halogens is 2. The summed E-state index contributed by atoms with van der Waals surface area (Å²) >= 11 is 0. The predicted molar refractivity (Wildman–Crippen MR) is 55.8 cm³/mol. The molecule has 0 aliphatic carbocycles. The van der Waals surface area contributed by atoms with E-state index in [-0.39, 0.29) is 5.56 Å². The van der Waals surface area contributed by atoms with Crippen molar-refractivity contribution < 1.29 is 8.78 Å². The van der Waals surface area contributed by atoms with Crippen LogP contribution in [0.5, 0.6) is 0 Å². The summed E-state index contributed by atoms with van der Waals surface area (Å²) in [5.74, 6) is -0.382. The number of hydrogen-bond acceptors (Lipinski definition) is 2. The highest BCUT2D eigenvalue weighted by molar-refractivity contribution is 5.27. The molecule has 1 heterocycles. The lowest BCUT2D eigenvalue weighted by Gasteiger charge is -2.14. The predicted octanol–water partition coefficient (Wildman–Crippen LogP) is 2.00. The number of H-pyrrole nitrogens is 1. The SMILES string of the molecule is CNC(c1ncc[nH]1)c1cc(F)ccc1F. The smallest absolute Gasteiger partial charge is 0.128 e. The van der Waals surface area contributed by atoms with E-state index in [0.29, 0.717) is 5.82 Å². The first-order chi connectivity index (χ1) is 7.72. The number of hydrogen-bond donors (Lipinski definition) is 2. The van der Waals surface area contributed by atoms with E-state index >= 15 is 0 Å². The Morgan fingerprint density at radius 1 is 1.38 bits per heavy atom. The molecule has 0 radical (unpaired) electrons. The van der Waals surface area contributed by atoms with Crippen molar-refractivity contribution in [1.82, 2.24) is 15.3 Å². The summed E-state index contributed by atoms with van der Waals surface area (Å²) in [7, 11) is 1.66. The van der Waals surface area contributed by atoms with Crippen molar-refractivity contribution in [1.29, 1.82) is 0 Å². The Balaban J connectivity index is 2.44. The van der Waals surface area contributed by atoms with Crippen LogP contribution < -0.4 is 5.32 Å². The van der Waals surface area contributed by atoms with E-state index in [1.807, 2.05) is 0 Å². The molecule has 1 aromatic carbocycles. The highest BCUT2D eigenvalue weighted by Gasteiger charge is 2.18. The standard InChI is InChI=1S/C11H11F2N3/c1-14-10(11-15-4-5-16-11)8-6-7(12)2-3-9(8)13/h2-6,10,14H,1H3,(H,15,16). The number of benzene rings is 1. The molecule has 3 nitrogen and oxygen atoms in total. The topological polar surface area (TPSA) is 40.7 Å². The van der Waals surface area contributed by atoms with E-state index in [0.717, 1.165) is 12.1 Å². The van der Waals surface area contributed by atoms with Gasteiger partial charge in [-0.1, -0.05) is 0 Å². The first kappa shape index (κ1) is 10.8. The van der Waals surface area contributed by atoms with Gasteiger partial charge in [0.15, 0.2) is 0 Å². The summed E-state index contributed by atoms with van der Waals surface area (Å²) in [6, 6.07) is 2.88. The van der Waals surface area contributed by atoms with Crippen LogP contribution in [0.3, 0.4) is 0 Å². The van der Waals surface area contributed by atoms with Gasteiger partial charge in [-0.05, 0) is 25.2 Å². The van der Waals surface area contributed by atoms with E-state index in [4.69, 9.17) is 0 Å². The molecule has 0 aliphatic heterocycles. The van der Waals surface area contributed by atoms with Crippen LogP contribution in [0.4, 0.5) is 8.78 Å². The van der Waals surface area contributed by atoms with Crippen molar-refractivity contribution in [3.05, 3.63) is 53.6 Å². The van der Waals surface area contributed by atoms with Gasteiger partial charge in [0, 0.05) is 18.0 Å². The van der Waals surface area contributed by atoms with E-state index < -0.39 is 17.7 Å². The average Bonchev–Trinajstić information content (AvgIpc) is 2.78. The zero-order valence-electron chi connectivity index (χ0n) is 8.67. The van der Waals surface area contributed by atoms with Crippen LogP contribution in [0, 0.1) is 11.6 Å². The molecule has 0 fully saturated rings. The van der Waals surface area contributed by atoms with Gasteiger partial charge in [0.1, 0.15) is 17.5 Å². The lowest BCUT2D eigenvalue weighted by atomic mass is 10.1. The molecule has 1 atom stereocenters. The number of nitrogens with one attached hydrogen (secondary N) is 2. The molecule has 5 heteroatoms. The van der Waals surface area contributed by atoms with Crippen LogP contribution in [0.1, 0.15) is 17.4 Å². The Morgan fingerprint density at radius 3 is 2.81 bits per heavy atom. The van der Waals surface area contributed by atoms with Gasteiger partial charge in [-0.15, -0.1) is 0 Å². The third kappa shape index (κ3) is 1.94. The summed E-state index contributed by atoms with van der Waals surface area (Å²) in [5.41, 5.74) is 0.234. The summed E-state index contributed by atoms with van der Waals surface area (Å²) in [4.78, 5) is 6.90. The summed E-state index contributed by atoms with van der Waals surface area (Å²) in [6.45, 7) is 0. The van der Waals surface area contributed by atoms with Gasteiger partial charge >= 0.3 is 0 Å². The Morgan fingerprint density at radius 2 is 2.19 bits per heavy atom. The van der Waals surface area contributed by atoms with Crippen molar-refractivity contribution in [2.75, 3.05) is 7.05 Å². The Hall–Kier alpha value is -1.75. The molecule has 1 aromatic heterocycles. The second kappa shape index (κ2) is 4.40. The minimum Gasteiger partial charge on any atom is -0.347 e. The quantitative estimate of drug-likeness (QED) is 0.835. The van der Waals surface area contributed by atoms with E-state index in [2.05, 4.69) is 15.3 Å². The molecule has 84 valence electrons. The molecule has 2 aromatic rings. The molecule has 2 N–H and O–H groups in total. The lowest BCUT2D eigenvalue weighted by Crippen LogP contribution is -2.20. The van der Waals surface area contributed by atoms with Gasteiger partial charge in [0.25, 0.3) is 0 Å². The summed E-state index contributed by atoms with van der Waals surface area (Å²) in [6.07, 6.45) is 3.20. The molecular weight excluding hydrogens is 212 g/mol. The molecule has 0 saturated carbocycles. The highest BCUT2D eigenvalue weighted by Crippen LogP contribution is 2.22. The van der Waals surface area contributed by atoms with Crippen LogP contribution >= 0.6 is 0 Å². The van der Waals surface area contributed by atoms with Gasteiger partial charge in [-0.2, -0.15) is 0 Å². The minimum absolute atomic E-state index is 0.234. The van der Waals surface area contributed by atoms with Crippen molar-refractivity contribution in [2.45, 2.75) is 6.04 Å². The first-order valence-electron chi connectivity index (χ1n) is 4.84. The largest absolute Gasteiger partial charge is 0.347 e. The monoisotopic (exact) mass is 223 g/mol. The average molecular weight is 223 g/mol. The van der Waals surface area contributed by atoms with Gasteiger partial charge in [0.2, 0.25) is 0 Å². The molecule has 0 aliphatic rings. The van der Waals surface area contributed by atoms with E-state index in [9.17, 15) is 8.78 Å². The lowest BCUT2D eigenvalue weighted by molar-refractivity contribution is 0.549. The molecule has 2 rings (SSSR count). The van der Waals surface area contributed by atoms with Gasteiger partial charge in [-0.25, -0.2) is 13.8 Å². The third-order valence-corrected chi connectivity index (χ3v) is 2.35. The van der Waals surface area contributed by atoms with Crippen molar-refractivity contribution >= 4 is 0 Å². The normalized spacial score (nSPS) is 12.7. The molecular formula is C11H11F2N3. The fraction of sp³-hybridized carbons (Fsp3) is 0.182. The fourth-order valence-electron chi connectivity index (χ4n) is 1.61. The highest BCUT2D eigenvalue weighted by atomic mass is 19.1. The van der Waals surface area contributed by atoms with Crippen LogP contribution in [-0.4, -0.2) is 17.0 Å². The van der Waals surface area contributed by atoms with Crippen molar-refractivity contribution in [3.8, 4) is 0 Å². The summed E-state index contributed by atoms with van der Waals surface area (Å²) < 4.78 is 26.6. The van der Waals surface area contributed by atoms with Crippen molar-refractivity contribution in [2.24, 2.45) is 0 Å². The van der Waals surface area contributed by atoms with Gasteiger partial charge < -0.3 is 10.3 Å². The second-order valence-corrected chi connectivity index (χ2v) is 3.36. The summed E-state index contributed by atoms with van der Waals surface area (Å²) in [5, 5.41) is 2.89. The number of imidazole rings is 1. The van der Waals surface area contributed by atoms with Crippen LogP contribution in [-0.2, 0) is 0 Å². The number of aromatic nitrogens is 2. The number of rotatable bonds is 3. The molecule has 0 bridgehead atoms. The third-order valence-electron chi connectivity index (χ3n) is 2.35. The molecule has 0 saturated heterocycles.